The van der Waals surface area contributed by atoms with Crippen LogP contribution in [0.25, 0.3) is 0 Å². The first-order valence-electron chi connectivity index (χ1n) is 5.47. The molecule has 0 radical (unpaired) electrons. The molecule has 2 rings (SSSR count). The van der Waals surface area contributed by atoms with Gasteiger partial charge in [-0.25, -0.2) is 0 Å². The summed E-state index contributed by atoms with van der Waals surface area (Å²) in [4.78, 5) is 4.71. The van der Waals surface area contributed by atoms with Crippen molar-refractivity contribution in [2.24, 2.45) is 4.99 Å². The molecule has 0 spiro atoms. The van der Waals surface area contributed by atoms with Crippen molar-refractivity contribution < 1.29 is 0 Å². The van der Waals surface area contributed by atoms with E-state index >= 15 is 0 Å². The van der Waals surface area contributed by atoms with E-state index in [9.17, 15) is 0 Å². The van der Waals surface area contributed by atoms with E-state index < -0.39 is 0 Å². The predicted octanol–water partition coefficient (Wildman–Crippen LogP) is 4.63. The van der Waals surface area contributed by atoms with E-state index in [0.717, 1.165) is 31.6 Å². The third-order valence-corrected chi connectivity index (χ3v) is 5.04. The number of benzene rings is 1. The van der Waals surface area contributed by atoms with Crippen molar-refractivity contribution in [2.45, 2.75) is 25.8 Å². The summed E-state index contributed by atoms with van der Waals surface area (Å²) < 4.78 is 1.14. The van der Waals surface area contributed by atoms with E-state index in [1.807, 2.05) is 18.2 Å². The van der Waals surface area contributed by atoms with Gasteiger partial charge < -0.3 is 5.32 Å². The average Bonchev–Trinajstić information content (AvgIpc) is 2.66. The zero-order chi connectivity index (χ0) is 12.5. The minimum Gasteiger partial charge on any atom is -0.334 e. The Hall–Kier alpha value is 0.0600. The van der Waals surface area contributed by atoms with Gasteiger partial charge in [0, 0.05) is 9.32 Å². The molecule has 0 amide bonds. The van der Waals surface area contributed by atoms with E-state index in [2.05, 4.69) is 41.8 Å². The standard InChI is InChI=1S/C12H14ClIN2S/c1-3-12(2)7-17-11(16-12)15-10-5-4-8(14)6-9(10)13/h4-6H,3,7H2,1-2H3,(H,15,16). The van der Waals surface area contributed by atoms with Crippen LogP contribution in [0.4, 0.5) is 5.69 Å². The van der Waals surface area contributed by atoms with Gasteiger partial charge in [-0.3, -0.25) is 4.99 Å². The van der Waals surface area contributed by atoms with Crippen LogP contribution in [0.5, 0.6) is 0 Å². The molecule has 1 aromatic rings. The molecule has 0 fully saturated rings. The molecule has 5 heteroatoms. The molecule has 1 atom stereocenters. The first kappa shape index (κ1) is 13.5. The molecule has 0 bridgehead atoms. The number of hydrogen-bond acceptors (Lipinski definition) is 3. The Morgan fingerprint density at radius 2 is 2.35 bits per heavy atom. The molecule has 1 unspecified atom stereocenters. The molecule has 1 N–H and O–H groups in total. The third kappa shape index (κ3) is 3.29. The number of aliphatic imine (C=N–C) groups is 1. The van der Waals surface area contributed by atoms with Gasteiger partial charge in [0.15, 0.2) is 5.17 Å². The molecular weight excluding hydrogens is 367 g/mol. The Balaban J connectivity index is 2.15. The van der Waals surface area contributed by atoms with Crippen molar-refractivity contribution in [1.29, 1.82) is 0 Å². The van der Waals surface area contributed by atoms with Gasteiger partial charge >= 0.3 is 0 Å². The summed E-state index contributed by atoms with van der Waals surface area (Å²) in [6.45, 7) is 4.36. The molecule has 0 saturated carbocycles. The van der Waals surface area contributed by atoms with Crippen LogP contribution in [0.15, 0.2) is 23.2 Å². The van der Waals surface area contributed by atoms with Crippen LogP contribution in [0.3, 0.4) is 0 Å². The van der Waals surface area contributed by atoms with Crippen LogP contribution in [0, 0.1) is 3.57 Å². The molecule has 1 aliphatic heterocycles. The number of nitrogens with one attached hydrogen (secondary N) is 1. The minimum atomic E-state index is 0.0721. The molecule has 0 aromatic heterocycles. The van der Waals surface area contributed by atoms with Crippen molar-refractivity contribution in [3.63, 3.8) is 0 Å². The smallest absolute Gasteiger partial charge is 0.161 e. The van der Waals surface area contributed by atoms with E-state index in [-0.39, 0.29) is 5.54 Å². The fraction of sp³-hybridized carbons (Fsp3) is 0.417. The monoisotopic (exact) mass is 380 g/mol. The Morgan fingerprint density at radius 3 is 2.94 bits per heavy atom. The Labute approximate surface area is 125 Å². The van der Waals surface area contributed by atoms with Gasteiger partial charge in [-0.15, -0.1) is 0 Å². The molecule has 1 aliphatic rings. The summed E-state index contributed by atoms with van der Waals surface area (Å²) in [5.41, 5.74) is 1.00. The first-order chi connectivity index (χ1) is 8.02. The van der Waals surface area contributed by atoms with Gasteiger partial charge in [-0.2, -0.15) is 0 Å². The Bertz CT molecular complexity index is 464. The second kappa shape index (κ2) is 5.36. The number of rotatable bonds is 2. The molecule has 17 heavy (non-hydrogen) atoms. The quantitative estimate of drug-likeness (QED) is 0.757. The maximum absolute atomic E-state index is 6.18. The lowest BCUT2D eigenvalue weighted by Crippen LogP contribution is -2.20. The number of halogens is 2. The first-order valence-corrected chi connectivity index (χ1v) is 7.91. The lowest BCUT2D eigenvalue weighted by Gasteiger charge is -2.15. The largest absolute Gasteiger partial charge is 0.334 e. The molecular formula is C12H14ClIN2S. The average molecular weight is 381 g/mol. The van der Waals surface area contributed by atoms with Crippen molar-refractivity contribution in [1.82, 2.24) is 0 Å². The topological polar surface area (TPSA) is 24.4 Å². The Morgan fingerprint density at radius 1 is 1.59 bits per heavy atom. The van der Waals surface area contributed by atoms with Crippen LogP contribution >= 0.6 is 46.0 Å². The number of nitrogens with zero attached hydrogens (tertiary/aromatic N) is 1. The maximum Gasteiger partial charge on any atom is 0.161 e. The molecule has 1 heterocycles. The van der Waals surface area contributed by atoms with Crippen LogP contribution in [-0.2, 0) is 0 Å². The summed E-state index contributed by atoms with van der Waals surface area (Å²) in [5, 5.41) is 5.01. The van der Waals surface area contributed by atoms with Crippen LogP contribution in [-0.4, -0.2) is 16.5 Å². The van der Waals surface area contributed by atoms with Crippen LogP contribution in [0.2, 0.25) is 5.02 Å². The maximum atomic E-state index is 6.18. The fourth-order valence-corrected chi connectivity index (χ4v) is 3.57. The molecule has 1 aromatic carbocycles. The lowest BCUT2D eigenvalue weighted by atomic mass is 10.0. The van der Waals surface area contributed by atoms with Gasteiger partial charge in [0.1, 0.15) is 0 Å². The molecule has 0 aliphatic carbocycles. The summed E-state index contributed by atoms with van der Waals surface area (Å²) in [7, 11) is 0. The van der Waals surface area contributed by atoms with E-state index in [1.165, 1.54) is 0 Å². The summed E-state index contributed by atoms with van der Waals surface area (Å²) in [5.74, 6) is 1.04. The highest BCUT2D eigenvalue weighted by atomic mass is 127. The van der Waals surface area contributed by atoms with Gasteiger partial charge in [-0.05, 0) is 54.1 Å². The van der Waals surface area contributed by atoms with Crippen molar-refractivity contribution >= 4 is 56.8 Å². The van der Waals surface area contributed by atoms with E-state index in [0.29, 0.717) is 0 Å². The zero-order valence-corrected chi connectivity index (χ0v) is 13.5. The van der Waals surface area contributed by atoms with Gasteiger partial charge in [0.05, 0.1) is 16.2 Å². The summed E-state index contributed by atoms with van der Waals surface area (Å²) in [6, 6.07) is 5.98. The fourth-order valence-electron chi connectivity index (χ4n) is 1.48. The van der Waals surface area contributed by atoms with Crippen LogP contribution in [0.1, 0.15) is 20.3 Å². The second-order valence-corrected chi connectivity index (χ2v) is 6.92. The van der Waals surface area contributed by atoms with Gasteiger partial charge in [-0.1, -0.05) is 30.3 Å². The van der Waals surface area contributed by atoms with E-state index in [1.54, 1.807) is 11.8 Å². The van der Waals surface area contributed by atoms with E-state index in [4.69, 9.17) is 16.6 Å². The number of thioether (sulfide) groups is 1. The predicted molar refractivity (Wildman–Crippen MR) is 86.4 cm³/mol. The van der Waals surface area contributed by atoms with Crippen molar-refractivity contribution in [2.75, 3.05) is 11.1 Å². The number of amidine groups is 1. The SMILES string of the molecule is CCC1(C)CSC(Nc2ccc(I)cc2Cl)=N1. The minimum absolute atomic E-state index is 0.0721. The second-order valence-electron chi connectivity index (χ2n) is 4.31. The number of hydrogen-bond donors (Lipinski definition) is 1. The van der Waals surface area contributed by atoms with Crippen molar-refractivity contribution in [3.05, 3.63) is 26.8 Å². The summed E-state index contributed by atoms with van der Waals surface area (Å²) in [6.07, 6.45) is 1.06. The van der Waals surface area contributed by atoms with Crippen molar-refractivity contribution in [3.8, 4) is 0 Å². The zero-order valence-electron chi connectivity index (χ0n) is 9.76. The highest BCUT2D eigenvalue weighted by Crippen LogP contribution is 2.32. The Kier molecular flexibility index (Phi) is 4.26. The van der Waals surface area contributed by atoms with Crippen LogP contribution < -0.4 is 5.32 Å². The molecule has 2 nitrogen and oxygen atoms in total. The lowest BCUT2D eigenvalue weighted by molar-refractivity contribution is 0.523. The summed E-state index contributed by atoms with van der Waals surface area (Å²) >= 11 is 10.2. The highest BCUT2D eigenvalue weighted by molar-refractivity contribution is 14.1. The van der Waals surface area contributed by atoms with Gasteiger partial charge in [0.2, 0.25) is 0 Å². The van der Waals surface area contributed by atoms with Gasteiger partial charge in [0.25, 0.3) is 0 Å². The molecule has 0 saturated heterocycles. The highest BCUT2D eigenvalue weighted by Gasteiger charge is 2.28. The normalized spacial score (nSPS) is 23.6. The molecule has 92 valence electrons. The third-order valence-electron chi connectivity index (χ3n) is 2.83. The number of anilines is 1.